The third-order valence-electron chi connectivity index (χ3n) is 9.89. The summed E-state index contributed by atoms with van der Waals surface area (Å²) in [4.78, 5) is 55.0. The number of thiophene rings is 1. The Bertz CT molecular complexity index is 1990. The molecule has 1 N–H and O–H groups in total. The monoisotopic (exact) mass is 650 g/mol. The number of aromatic nitrogens is 4. The van der Waals surface area contributed by atoms with Gasteiger partial charge in [-0.1, -0.05) is 30.3 Å². The first-order valence-electron chi connectivity index (χ1n) is 16.1. The Morgan fingerprint density at radius 3 is 2.57 bits per heavy atom. The number of hydrogen-bond donors (Lipinski definition) is 1. The molecular weight excluding hydrogens is 613 g/mol. The van der Waals surface area contributed by atoms with Gasteiger partial charge in [0.05, 0.1) is 22.4 Å². The number of piperidine rings is 2. The summed E-state index contributed by atoms with van der Waals surface area (Å²) in [7, 11) is 1.84. The highest BCUT2D eigenvalue weighted by Gasteiger charge is 2.42. The molecule has 1 aromatic carbocycles. The van der Waals surface area contributed by atoms with Crippen molar-refractivity contribution in [2.75, 3.05) is 26.2 Å². The third-order valence-corrected chi connectivity index (χ3v) is 11.0. The molecule has 242 valence electrons. The van der Waals surface area contributed by atoms with E-state index < -0.39 is 5.60 Å². The van der Waals surface area contributed by atoms with Crippen LogP contribution in [0.15, 0.2) is 84.3 Å². The molecule has 10 nitrogen and oxygen atoms in total. The number of fused-ring (bicyclic) bond motifs is 1. The first kappa shape index (κ1) is 31.0. The normalized spacial score (nSPS) is 19.6. The fourth-order valence-electron chi connectivity index (χ4n) is 7.09. The second kappa shape index (κ2) is 12.5. The maximum absolute atomic E-state index is 14.1. The molecule has 0 aliphatic carbocycles. The smallest absolute Gasteiger partial charge is 0.263 e. The molecular formula is C36H38N6O4S. The van der Waals surface area contributed by atoms with Gasteiger partial charge in [0.25, 0.3) is 11.5 Å². The van der Waals surface area contributed by atoms with Crippen molar-refractivity contribution in [2.45, 2.75) is 44.2 Å². The van der Waals surface area contributed by atoms with Crippen molar-refractivity contribution >= 4 is 34.2 Å². The van der Waals surface area contributed by atoms with E-state index in [1.54, 1.807) is 23.0 Å². The van der Waals surface area contributed by atoms with Crippen molar-refractivity contribution in [3.63, 3.8) is 0 Å². The number of carbonyl (C=O) groups is 2. The lowest BCUT2D eigenvalue weighted by molar-refractivity contribution is -0.142. The van der Waals surface area contributed by atoms with Crippen LogP contribution in [0.4, 0.5) is 0 Å². The van der Waals surface area contributed by atoms with E-state index in [0.29, 0.717) is 61.4 Å². The molecule has 5 aromatic rings. The predicted molar refractivity (Wildman–Crippen MR) is 181 cm³/mol. The highest BCUT2D eigenvalue weighted by atomic mass is 32.1. The summed E-state index contributed by atoms with van der Waals surface area (Å²) in [5, 5.41) is 12.0. The van der Waals surface area contributed by atoms with Crippen molar-refractivity contribution in [1.82, 2.24) is 28.9 Å². The number of nitrogens with zero attached hydrogens (tertiary/aromatic N) is 6. The molecule has 0 unspecified atom stereocenters. The van der Waals surface area contributed by atoms with Gasteiger partial charge in [-0.15, -0.1) is 11.3 Å². The first-order valence-corrected chi connectivity index (χ1v) is 16.9. The van der Waals surface area contributed by atoms with E-state index in [4.69, 9.17) is 0 Å². The van der Waals surface area contributed by atoms with Gasteiger partial charge in [-0.05, 0) is 61.6 Å². The molecule has 2 amide bonds. The van der Waals surface area contributed by atoms with Gasteiger partial charge in [-0.3, -0.25) is 23.9 Å². The van der Waals surface area contributed by atoms with E-state index in [0.717, 1.165) is 21.6 Å². The Labute approximate surface area is 276 Å². The summed E-state index contributed by atoms with van der Waals surface area (Å²) in [6.45, 7) is 3.91. The molecule has 0 radical (unpaired) electrons. The molecule has 2 atom stereocenters. The van der Waals surface area contributed by atoms with Crippen LogP contribution in [0.2, 0.25) is 0 Å². The van der Waals surface area contributed by atoms with Crippen LogP contribution < -0.4 is 5.56 Å². The number of likely N-dealkylation sites (tertiary alicyclic amines) is 2. The van der Waals surface area contributed by atoms with Crippen molar-refractivity contribution in [1.29, 1.82) is 0 Å². The number of amides is 2. The molecule has 0 bridgehead atoms. The Morgan fingerprint density at radius 1 is 1.02 bits per heavy atom. The molecule has 7 rings (SSSR count). The van der Waals surface area contributed by atoms with Gasteiger partial charge >= 0.3 is 0 Å². The molecule has 47 heavy (non-hydrogen) atoms. The van der Waals surface area contributed by atoms with Gasteiger partial charge < -0.3 is 19.5 Å². The zero-order chi connectivity index (χ0) is 32.7. The molecule has 2 fully saturated rings. The Morgan fingerprint density at radius 2 is 1.81 bits per heavy atom. The Kier molecular flexibility index (Phi) is 8.27. The second-order valence-electron chi connectivity index (χ2n) is 12.9. The summed E-state index contributed by atoms with van der Waals surface area (Å²) < 4.78 is 3.28. The fraction of sp³-hybridized carbons (Fsp3) is 0.361. The molecule has 2 saturated heterocycles. The Hall–Kier alpha value is -4.61. The van der Waals surface area contributed by atoms with E-state index in [1.807, 2.05) is 78.5 Å². The van der Waals surface area contributed by atoms with Crippen LogP contribution in [0.5, 0.6) is 0 Å². The van der Waals surface area contributed by atoms with E-state index in [2.05, 4.69) is 9.97 Å². The van der Waals surface area contributed by atoms with E-state index in [1.165, 1.54) is 22.2 Å². The van der Waals surface area contributed by atoms with Crippen LogP contribution in [-0.4, -0.2) is 77.6 Å². The van der Waals surface area contributed by atoms with E-state index in [-0.39, 0.29) is 35.8 Å². The number of aliphatic hydroxyl groups is 1. The first-order chi connectivity index (χ1) is 22.7. The SMILES string of the molecule is Cc1ccncc1-c1ccc(C(=O)N2CC[C@@H](C(=O)N3CCC(O)(Cn4cnc5c(ccn5C)c4=O)CC3)[C@H](c3ccccc3)C2)s1. The van der Waals surface area contributed by atoms with E-state index in [9.17, 15) is 19.5 Å². The zero-order valence-electron chi connectivity index (χ0n) is 26.6. The highest BCUT2D eigenvalue weighted by Crippen LogP contribution is 2.37. The van der Waals surface area contributed by atoms with Gasteiger partial charge in [0.15, 0.2) is 0 Å². The zero-order valence-corrected chi connectivity index (χ0v) is 27.4. The topological polar surface area (TPSA) is 114 Å². The minimum absolute atomic E-state index is 0.0175. The van der Waals surface area contributed by atoms with Crippen molar-refractivity contribution in [3.8, 4) is 10.4 Å². The van der Waals surface area contributed by atoms with Crippen LogP contribution in [0, 0.1) is 12.8 Å². The van der Waals surface area contributed by atoms with Crippen LogP contribution in [-0.2, 0) is 18.4 Å². The second-order valence-corrected chi connectivity index (χ2v) is 14.0. The third kappa shape index (κ3) is 6.01. The summed E-state index contributed by atoms with van der Waals surface area (Å²) in [6, 6.07) is 17.6. The van der Waals surface area contributed by atoms with Crippen molar-refractivity contribution in [2.24, 2.45) is 13.0 Å². The van der Waals surface area contributed by atoms with Gasteiger partial charge in [0, 0.05) is 74.1 Å². The van der Waals surface area contributed by atoms with Crippen LogP contribution >= 0.6 is 11.3 Å². The molecule has 2 aliphatic rings. The lowest BCUT2D eigenvalue weighted by Crippen LogP contribution is -2.53. The minimum atomic E-state index is -1.12. The maximum Gasteiger partial charge on any atom is 0.263 e. The van der Waals surface area contributed by atoms with Crippen molar-refractivity contribution < 1.29 is 14.7 Å². The maximum atomic E-state index is 14.1. The average molecular weight is 651 g/mol. The lowest BCUT2D eigenvalue weighted by atomic mass is 9.79. The number of benzene rings is 1. The van der Waals surface area contributed by atoms with Gasteiger partial charge in [-0.25, -0.2) is 4.98 Å². The van der Waals surface area contributed by atoms with Crippen LogP contribution in [0.3, 0.4) is 0 Å². The van der Waals surface area contributed by atoms with E-state index >= 15 is 0 Å². The highest BCUT2D eigenvalue weighted by molar-refractivity contribution is 7.17. The molecule has 11 heteroatoms. The summed E-state index contributed by atoms with van der Waals surface area (Å²) in [6.07, 6.45) is 8.18. The number of carbonyl (C=O) groups excluding carboxylic acids is 2. The minimum Gasteiger partial charge on any atom is -0.388 e. The molecule has 0 spiro atoms. The summed E-state index contributed by atoms with van der Waals surface area (Å²) >= 11 is 1.48. The Balaban J connectivity index is 1.04. The van der Waals surface area contributed by atoms with Gasteiger partial charge in [0.2, 0.25) is 5.91 Å². The largest absolute Gasteiger partial charge is 0.388 e. The molecule has 0 saturated carbocycles. The quantitative estimate of drug-likeness (QED) is 0.290. The number of aryl methyl sites for hydroxylation is 2. The van der Waals surface area contributed by atoms with Crippen LogP contribution in [0.25, 0.3) is 21.5 Å². The standard InChI is InChI=1S/C36H38N6O4S/c1-24-10-15-37-20-28(24)30-8-9-31(47-30)35(45)41-17-12-26(29(21-41)25-6-4-3-5-7-25)33(43)40-18-13-36(46,14-19-40)22-42-23-38-32-27(34(42)44)11-16-39(32)2/h3-11,15-16,20,23,26,29,46H,12-14,17-19,21-22H2,1-2H3/t26-,29+/m1/s1. The lowest BCUT2D eigenvalue weighted by Gasteiger charge is -2.43. The fourth-order valence-corrected chi connectivity index (χ4v) is 8.14. The summed E-state index contributed by atoms with van der Waals surface area (Å²) in [5.74, 6) is -0.388. The number of hydrogen-bond acceptors (Lipinski definition) is 7. The van der Waals surface area contributed by atoms with Gasteiger partial charge in [-0.2, -0.15) is 0 Å². The summed E-state index contributed by atoms with van der Waals surface area (Å²) in [5.41, 5.74) is 2.49. The molecule has 2 aliphatic heterocycles. The van der Waals surface area contributed by atoms with Gasteiger partial charge in [0.1, 0.15) is 12.0 Å². The average Bonchev–Trinajstić information content (AvgIpc) is 3.73. The van der Waals surface area contributed by atoms with Crippen LogP contribution in [0.1, 0.15) is 46.0 Å². The molecule has 6 heterocycles. The van der Waals surface area contributed by atoms with Crippen molar-refractivity contribution in [3.05, 3.63) is 106 Å². The molecule has 4 aromatic heterocycles. The predicted octanol–water partition coefficient (Wildman–Crippen LogP) is 4.47. The number of pyridine rings is 1. The number of rotatable bonds is 6.